The minimum absolute atomic E-state index is 0.0291. The van der Waals surface area contributed by atoms with Gasteiger partial charge in [-0.15, -0.1) is 0 Å². The molecule has 0 spiro atoms. The largest absolute Gasteiger partial charge is 0.322 e. The SMILES string of the molecule is CCN1CCN(C(=O)Nc2cccc([N+](=O)[O-])c2)CC1. The molecule has 1 aromatic rings. The Bertz CT molecular complexity index is 498. The Morgan fingerprint density at radius 2 is 2.05 bits per heavy atom. The van der Waals surface area contributed by atoms with Gasteiger partial charge in [0, 0.05) is 44.0 Å². The van der Waals surface area contributed by atoms with Crippen LogP contribution < -0.4 is 5.32 Å². The van der Waals surface area contributed by atoms with Crippen molar-refractivity contribution in [2.75, 3.05) is 38.0 Å². The lowest BCUT2D eigenvalue weighted by atomic mass is 10.3. The highest BCUT2D eigenvalue weighted by Crippen LogP contribution is 2.17. The highest BCUT2D eigenvalue weighted by Gasteiger charge is 2.20. The monoisotopic (exact) mass is 278 g/mol. The maximum Gasteiger partial charge on any atom is 0.321 e. The second-order valence-corrected chi connectivity index (χ2v) is 4.66. The number of rotatable bonds is 3. The molecule has 2 amide bonds. The summed E-state index contributed by atoms with van der Waals surface area (Å²) >= 11 is 0. The summed E-state index contributed by atoms with van der Waals surface area (Å²) in [5.74, 6) is 0. The van der Waals surface area contributed by atoms with Crippen molar-refractivity contribution in [1.29, 1.82) is 0 Å². The molecule has 1 saturated heterocycles. The fourth-order valence-corrected chi connectivity index (χ4v) is 2.17. The molecule has 2 rings (SSSR count). The van der Waals surface area contributed by atoms with Crippen LogP contribution in [0, 0.1) is 10.1 Å². The van der Waals surface area contributed by atoms with Crippen LogP contribution in [-0.2, 0) is 0 Å². The fraction of sp³-hybridized carbons (Fsp3) is 0.462. The zero-order valence-corrected chi connectivity index (χ0v) is 11.4. The molecule has 1 fully saturated rings. The Hall–Kier alpha value is -2.15. The van der Waals surface area contributed by atoms with Gasteiger partial charge in [0.05, 0.1) is 4.92 Å². The number of nitro groups is 1. The average molecular weight is 278 g/mol. The Balaban J connectivity index is 1.95. The molecule has 1 aliphatic rings. The van der Waals surface area contributed by atoms with Crippen LogP contribution in [0.4, 0.5) is 16.2 Å². The summed E-state index contributed by atoms with van der Waals surface area (Å²) in [7, 11) is 0. The van der Waals surface area contributed by atoms with E-state index in [0.717, 1.165) is 19.6 Å². The molecule has 0 aromatic heterocycles. The van der Waals surface area contributed by atoms with E-state index in [9.17, 15) is 14.9 Å². The van der Waals surface area contributed by atoms with Gasteiger partial charge >= 0.3 is 6.03 Å². The summed E-state index contributed by atoms with van der Waals surface area (Å²) in [6.45, 7) is 6.15. The van der Waals surface area contributed by atoms with Crippen molar-refractivity contribution >= 4 is 17.4 Å². The quantitative estimate of drug-likeness (QED) is 0.675. The number of urea groups is 1. The first kappa shape index (κ1) is 14.3. The Morgan fingerprint density at radius 3 is 2.65 bits per heavy atom. The number of nitrogens with one attached hydrogen (secondary N) is 1. The van der Waals surface area contributed by atoms with Crippen molar-refractivity contribution < 1.29 is 9.72 Å². The van der Waals surface area contributed by atoms with Gasteiger partial charge in [-0.3, -0.25) is 10.1 Å². The maximum absolute atomic E-state index is 12.1. The van der Waals surface area contributed by atoms with E-state index in [-0.39, 0.29) is 11.7 Å². The van der Waals surface area contributed by atoms with Crippen molar-refractivity contribution in [3.8, 4) is 0 Å². The predicted octanol–water partition coefficient (Wildman–Crippen LogP) is 1.76. The first-order valence-electron chi connectivity index (χ1n) is 6.63. The Labute approximate surface area is 117 Å². The standard InChI is InChI=1S/C13H18N4O3/c1-2-15-6-8-16(9-7-15)13(18)14-11-4-3-5-12(10-11)17(19)20/h3-5,10H,2,6-9H2,1H3,(H,14,18). The average Bonchev–Trinajstić information content (AvgIpc) is 2.47. The molecule has 0 atom stereocenters. The Morgan fingerprint density at radius 1 is 1.35 bits per heavy atom. The van der Waals surface area contributed by atoms with E-state index < -0.39 is 4.92 Å². The molecule has 0 bridgehead atoms. The molecular weight excluding hydrogens is 260 g/mol. The van der Waals surface area contributed by atoms with E-state index in [0.29, 0.717) is 18.8 Å². The van der Waals surface area contributed by atoms with Crippen LogP contribution in [0.25, 0.3) is 0 Å². The summed E-state index contributed by atoms with van der Waals surface area (Å²) in [5, 5.41) is 13.4. The van der Waals surface area contributed by atoms with Gasteiger partial charge in [-0.25, -0.2) is 4.79 Å². The van der Waals surface area contributed by atoms with Crippen molar-refractivity contribution in [1.82, 2.24) is 9.80 Å². The minimum atomic E-state index is -0.477. The first-order chi connectivity index (χ1) is 9.60. The number of nitro benzene ring substituents is 1. The van der Waals surface area contributed by atoms with E-state index in [1.54, 1.807) is 17.0 Å². The number of nitrogens with zero attached hydrogens (tertiary/aromatic N) is 3. The molecule has 1 N–H and O–H groups in total. The minimum Gasteiger partial charge on any atom is -0.322 e. The van der Waals surface area contributed by atoms with Crippen molar-refractivity contribution in [3.05, 3.63) is 34.4 Å². The molecule has 1 aliphatic heterocycles. The second kappa shape index (κ2) is 6.33. The second-order valence-electron chi connectivity index (χ2n) is 4.66. The van der Waals surface area contributed by atoms with Gasteiger partial charge in [0.25, 0.3) is 5.69 Å². The lowest BCUT2D eigenvalue weighted by Gasteiger charge is -2.33. The van der Waals surface area contributed by atoms with Crippen LogP contribution in [0.3, 0.4) is 0 Å². The van der Waals surface area contributed by atoms with Crippen LogP contribution in [0.1, 0.15) is 6.92 Å². The van der Waals surface area contributed by atoms with Gasteiger partial charge in [-0.1, -0.05) is 13.0 Å². The smallest absolute Gasteiger partial charge is 0.321 e. The fourth-order valence-electron chi connectivity index (χ4n) is 2.17. The summed E-state index contributed by atoms with van der Waals surface area (Å²) in [5.41, 5.74) is 0.417. The zero-order valence-electron chi connectivity index (χ0n) is 11.4. The van der Waals surface area contributed by atoms with E-state index in [1.165, 1.54) is 12.1 Å². The lowest BCUT2D eigenvalue weighted by molar-refractivity contribution is -0.384. The first-order valence-corrected chi connectivity index (χ1v) is 6.63. The summed E-state index contributed by atoms with van der Waals surface area (Å²) < 4.78 is 0. The van der Waals surface area contributed by atoms with E-state index in [1.807, 2.05) is 0 Å². The normalized spacial score (nSPS) is 15.9. The molecule has 0 aliphatic carbocycles. The molecule has 0 unspecified atom stereocenters. The third-order valence-corrected chi connectivity index (χ3v) is 3.41. The van der Waals surface area contributed by atoms with Gasteiger partial charge in [-0.2, -0.15) is 0 Å². The Kier molecular flexibility index (Phi) is 4.52. The van der Waals surface area contributed by atoms with Gasteiger partial charge in [0.15, 0.2) is 0 Å². The third-order valence-electron chi connectivity index (χ3n) is 3.41. The van der Waals surface area contributed by atoms with Crippen LogP contribution in [0.5, 0.6) is 0 Å². The summed E-state index contributed by atoms with van der Waals surface area (Å²) in [6, 6.07) is 5.76. The zero-order chi connectivity index (χ0) is 14.5. The van der Waals surface area contributed by atoms with Crippen LogP contribution in [0.2, 0.25) is 0 Å². The molecule has 20 heavy (non-hydrogen) atoms. The molecule has 7 heteroatoms. The van der Waals surface area contributed by atoms with E-state index >= 15 is 0 Å². The van der Waals surface area contributed by atoms with E-state index in [2.05, 4.69) is 17.1 Å². The number of piperazine rings is 1. The van der Waals surface area contributed by atoms with Gasteiger partial charge in [-0.05, 0) is 12.6 Å². The molecule has 1 heterocycles. The molecule has 108 valence electrons. The molecule has 7 nitrogen and oxygen atoms in total. The third kappa shape index (κ3) is 3.45. The number of likely N-dealkylation sites (N-methyl/N-ethyl adjacent to an activating group) is 1. The van der Waals surface area contributed by atoms with Gasteiger partial charge < -0.3 is 15.1 Å². The van der Waals surface area contributed by atoms with Crippen LogP contribution in [0.15, 0.2) is 24.3 Å². The van der Waals surface area contributed by atoms with Crippen molar-refractivity contribution in [2.45, 2.75) is 6.92 Å². The summed E-state index contributed by atoms with van der Waals surface area (Å²) in [4.78, 5) is 26.3. The molecular formula is C13H18N4O3. The predicted molar refractivity (Wildman–Crippen MR) is 75.8 cm³/mol. The number of anilines is 1. The van der Waals surface area contributed by atoms with Crippen molar-refractivity contribution in [3.63, 3.8) is 0 Å². The molecule has 0 radical (unpaired) electrons. The number of carbonyl (C=O) groups excluding carboxylic acids is 1. The van der Waals surface area contributed by atoms with Crippen molar-refractivity contribution in [2.24, 2.45) is 0 Å². The van der Waals surface area contributed by atoms with Crippen LogP contribution in [-0.4, -0.2) is 53.5 Å². The lowest BCUT2D eigenvalue weighted by Crippen LogP contribution is -2.49. The number of amides is 2. The van der Waals surface area contributed by atoms with E-state index in [4.69, 9.17) is 0 Å². The number of hydrogen-bond acceptors (Lipinski definition) is 4. The molecule has 1 aromatic carbocycles. The molecule has 0 saturated carbocycles. The number of non-ortho nitro benzene ring substituents is 1. The number of carbonyl (C=O) groups is 1. The maximum atomic E-state index is 12.1. The number of hydrogen-bond donors (Lipinski definition) is 1. The highest BCUT2D eigenvalue weighted by atomic mass is 16.6. The number of benzene rings is 1. The highest BCUT2D eigenvalue weighted by molar-refractivity contribution is 5.89. The summed E-state index contributed by atoms with van der Waals surface area (Å²) in [6.07, 6.45) is 0. The van der Waals surface area contributed by atoms with Gasteiger partial charge in [0.1, 0.15) is 0 Å². The van der Waals surface area contributed by atoms with Gasteiger partial charge in [0.2, 0.25) is 0 Å². The topological polar surface area (TPSA) is 78.7 Å². The van der Waals surface area contributed by atoms with Crippen LogP contribution >= 0.6 is 0 Å².